The predicted molar refractivity (Wildman–Crippen MR) is 95.6 cm³/mol. The zero-order valence-electron chi connectivity index (χ0n) is 14.4. The second-order valence-corrected chi connectivity index (χ2v) is 5.37. The van der Waals surface area contributed by atoms with Gasteiger partial charge in [0.25, 0.3) is 0 Å². The summed E-state index contributed by atoms with van der Waals surface area (Å²) in [5, 5.41) is 4.10. The Morgan fingerprint density at radius 3 is 2.44 bits per heavy atom. The highest BCUT2D eigenvalue weighted by Gasteiger charge is 2.35. The first-order valence-electron chi connectivity index (χ1n) is 7.98. The van der Waals surface area contributed by atoms with E-state index in [2.05, 4.69) is 5.16 Å². The molecule has 5 nitrogen and oxygen atoms in total. The zero-order chi connectivity index (χ0) is 17.8. The molecule has 0 aromatic heterocycles. The third-order valence-corrected chi connectivity index (χ3v) is 3.96. The Hall–Kier alpha value is -3.08. The van der Waals surface area contributed by atoms with Crippen LogP contribution in [0.1, 0.15) is 23.6 Å². The zero-order valence-corrected chi connectivity index (χ0v) is 14.4. The van der Waals surface area contributed by atoms with E-state index in [1.54, 1.807) is 14.0 Å². The van der Waals surface area contributed by atoms with Crippen LogP contribution in [0.5, 0.6) is 5.75 Å². The Kier molecular flexibility index (Phi) is 4.84. The van der Waals surface area contributed by atoms with Gasteiger partial charge in [-0.15, -0.1) is 0 Å². The first kappa shape index (κ1) is 16.8. The maximum Gasteiger partial charge on any atom is 0.341 e. The van der Waals surface area contributed by atoms with Gasteiger partial charge in [0.15, 0.2) is 0 Å². The molecule has 5 heteroatoms. The average Bonchev–Trinajstić information content (AvgIpc) is 2.96. The molecule has 0 heterocycles. The molecule has 0 aliphatic heterocycles. The smallest absolute Gasteiger partial charge is 0.341 e. The molecule has 0 bridgehead atoms. The van der Waals surface area contributed by atoms with Crippen molar-refractivity contribution in [3.05, 3.63) is 70.8 Å². The number of fused-ring (bicyclic) bond motifs is 1. The van der Waals surface area contributed by atoms with Crippen molar-refractivity contribution < 1.29 is 19.1 Å². The molecule has 128 valence electrons. The molecule has 0 radical (unpaired) electrons. The van der Waals surface area contributed by atoms with Crippen LogP contribution in [0.3, 0.4) is 0 Å². The maximum absolute atomic E-state index is 12.7. The van der Waals surface area contributed by atoms with E-state index in [1.807, 2.05) is 48.5 Å². The number of carbonyl (C=O) groups is 1. The predicted octanol–water partition coefficient (Wildman–Crippen LogP) is 3.42. The van der Waals surface area contributed by atoms with Crippen molar-refractivity contribution in [1.29, 1.82) is 0 Å². The third-order valence-electron chi connectivity index (χ3n) is 3.96. The fourth-order valence-electron chi connectivity index (χ4n) is 2.94. The van der Waals surface area contributed by atoms with Gasteiger partial charge >= 0.3 is 5.97 Å². The normalized spacial score (nSPS) is 14.4. The molecule has 25 heavy (non-hydrogen) atoms. The first-order chi connectivity index (χ1) is 12.2. The Morgan fingerprint density at radius 2 is 1.80 bits per heavy atom. The molecule has 0 N–H and O–H groups in total. The van der Waals surface area contributed by atoms with Crippen molar-refractivity contribution in [3.63, 3.8) is 0 Å². The number of ether oxygens (including phenoxy) is 2. The summed E-state index contributed by atoms with van der Waals surface area (Å²) in [5.74, 6) is 0.257. The lowest BCUT2D eigenvalue weighted by molar-refractivity contribution is -0.137. The van der Waals surface area contributed by atoms with Crippen molar-refractivity contribution in [3.8, 4) is 5.75 Å². The molecule has 1 aliphatic carbocycles. The van der Waals surface area contributed by atoms with E-state index in [0.717, 1.165) is 22.3 Å². The maximum atomic E-state index is 12.7. The topological polar surface area (TPSA) is 57.1 Å². The molecule has 2 aromatic rings. The highest BCUT2D eigenvalue weighted by Crippen LogP contribution is 2.40. The quantitative estimate of drug-likeness (QED) is 0.620. The van der Waals surface area contributed by atoms with Crippen molar-refractivity contribution in [2.45, 2.75) is 6.92 Å². The summed E-state index contributed by atoms with van der Waals surface area (Å²) >= 11 is 0. The lowest BCUT2D eigenvalue weighted by atomic mass is 9.97. The Labute approximate surface area is 146 Å². The number of hydrogen-bond acceptors (Lipinski definition) is 5. The van der Waals surface area contributed by atoms with E-state index in [4.69, 9.17) is 14.3 Å². The molecule has 0 spiro atoms. The molecule has 0 unspecified atom stereocenters. The lowest BCUT2D eigenvalue weighted by Crippen LogP contribution is -2.15. The van der Waals surface area contributed by atoms with Crippen LogP contribution in [0.25, 0.3) is 5.57 Å². The summed E-state index contributed by atoms with van der Waals surface area (Å²) in [6.07, 6.45) is 0. The first-order valence-corrected chi connectivity index (χ1v) is 7.98. The van der Waals surface area contributed by atoms with Crippen LogP contribution in [0.2, 0.25) is 0 Å². The molecule has 0 fully saturated rings. The van der Waals surface area contributed by atoms with Gasteiger partial charge in [-0.1, -0.05) is 35.5 Å². The van der Waals surface area contributed by atoms with Crippen molar-refractivity contribution in [1.82, 2.24) is 0 Å². The second kappa shape index (κ2) is 7.21. The van der Waals surface area contributed by atoms with Gasteiger partial charge in [-0.2, -0.15) is 0 Å². The highest BCUT2D eigenvalue weighted by atomic mass is 16.6. The molecule has 0 saturated heterocycles. The number of hydrogen-bond donors (Lipinski definition) is 0. The lowest BCUT2D eigenvalue weighted by Gasteiger charge is -2.08. The van der Waals surface area contributed by atoms with E-state index >= 15 is 0 Å². The molecule has 2 aromatic carbocycles. The SMILES string of the molecule is CCOC(=O)C1=C(c2ccccc2)c2ccc(OC)cc2/C1=N\OC. The average molecular weight is 337 g/mol. The van der Waals surface area contributed by atoms with Gasteiger partial charge in [0.2, 0.25) is 0 Å². The molecule has 0 amide bonds. The fraction of sp³-hybridized carbons (Fsp3) is 0.200. The number of rotatable bonds is 5. The Morgan fingerprint density at radius 1 is 1.04 bits per heavy atom. The molecular weight excluding hydrogens is 318 g/mol. The number of benzene rings is 2. The Balaban J connectivity index is 2.30. The van der Waals surface area contributed by atoms with Gasteiger partial charge in [0, 0.05) is 11.1 Å². The molecular formula is C20H19NO4. The fourth-order valence-corrected chi connectivity index (χ4v) is 2.94. The Bertz CT molecular complexity index is 853. The molecule has 1 aliphatic rings. The van der Waals surface area contributed by atoms with Crippen molar-refractivity contribution in [2.24, 2.45) is 5.16 Å². The number of oxime groups is 1. The van der Waals surface area contributed by atoms with E-state index < -0.39 is 5.97 Å². The molecule has 3 rings (SSSR count). The van der Waals surface area contributed by atoms with E-state index in [9.17, 15) is 4.79 Å². The summed E-state index contributed by atoms with van der Waals surface area (Å²) in [5.41, 5.74) is 4.23. The molecule has 0 atom stereocenters. The summed E-state index contributed by atoms with van der Waals surface area (Å²) in [6, 6.07) is 15.3. The summed E-state index contributed by atoms with van der Waals surface area (Å²) in [7, 11) is 3.05. The number of carbonyl (C=O) groups excluding carboxylic acids is 1. The van der Waals surface area contributed by atoms with E-state index in [0.29, 0.717) is 17.0 Å². The van der Waals surface area contributed by atoms with Crippen LogP contribution in [0, 0.1) is 0 Å². The standard InChI is InChI=1S/C20H19NO4/c1-4-25-20(22)18-17(13-8-6-5-7-9-13)15-11-10-14(23-2)12-16(15)19(18)21-24-3/h5-12H,4H2,1-3H3/b21-19+. The van der Waals surface area contributed by atoms with Gasteiger partial charge in [0.1, 0.15) is 18.6 Å². The summed E-state index contributed by atoms with van der Waals surface area (Å²) in [6.45, 7) is 2.06. The van der Waals surface area contributed by atoms with Crippen LogP contribution in [-0.4, -0.2) is 32.5 Å². The van der Waals surface area contributed by atoms with Gasteiger partial charge < -0.3 is 14.3 Å². The van der Waals surface area contributed by atoms with Crippen LogP contribution in [0.15, 0.2) is 59.3 Å². The minimum absolute atomic E-state index is 0.282. The third kappa shape index (κ3) is 3.01. The van der Waals surface area contributed by atoms with Crippen molar-refractivity contribution in [2.75, 3.05) is 20.8 Å². The second-order valence-electron chi connectivity index (χ2n) is 5.37. The number of esters is 1. The minimum Gasteiger partial charge on any atom is -0.497 e. The van der Waals surface area contributed by atoms with Crippen molar-refractivity contribution >= 4 is 17.3 Å². The summed E-state index contributed by atoms with van der Waals surface area (Å²) in [4.78, 5) is 17.7. The van der Waals surface area contributed by atoms with Crippen LogP contribution in [-0.2, 0) is 14.4 Å². The largest absolute Gasteiger partial charge is 0.497 e. The van der Waals surface area contributed by atoms with Gasteiger partial charge in [-0.25, -0.2) is 4.79 Å². The van der Waals surface area contributed by atoms with Gasteiger partial charge in [-0.3, -0.25) is 0 Å². The van der Waals surface area contributed by atoms with Crippen LogP contribution in [0.4, 0.5) is 0 Å². The highest BCUT2D eigenvalue weighted by molar-refractivity contribution is 6.37. The number of methoxy groups -OCH3 is 1. The van der Waals surface area contributed by atoms with E-state index in [1.165, 1.54) is 7.11 Å². The molecule has 0 saturated carbocycles. The summed E-state index contributed by atoms with van der Waals surface area (Å²) < 4.78 is 10.6. The minimum atomic E-state index is -0.424. The number of nitrogens with zero attached hydrogens (tertiary/aromatic N) is 1. The van der Waals surface area contributed by atoms with E-state index in [-0.39, 0.29) is 6.61 Å². The van der Waals surface area contributed by atoms with Gasteiger partial charge in [-0.05, 0) is 36.2 Å². The van der Waals surface area contributed by atoms with Gasteiger partial charge in [0.05, 0.1) is 19.3 Å². The monoisotopic (exact) mass is 337 g/mol. The van der Waals surface area contributed by atoms with Crippen LogP contribution < -0.4 is 4.74 Å². The van der Waals surface area contributed by atoms with Crippen LogP contribution >= 0.6 is 0 Å².